The van der Waals surface area contributed by atoms with Crippen LogP contribution in [0.4, 0.5) is 5.69 Å². The van der Waals surface area contributed by atoms with E-state index in [1.807, 2.05) is 12.1 Å². The van der Waals surface area contributed by atoms with Crippen LogP contribution in [0.15, 0.2) is 30.5 Å². The summed E-state index contributed by atoms with van der Waals surface area (Å²) >= 11 is 0. The van der Waals surface area contributed by atoms with Gasteiger partial charge in [0.25, 0.3) is 0 Å². The molecule has 4 rings (SSSR count). The molecule has 0 amide bonds. The van der Waals surface area contributed by atoms with Crippen molar-refractivity contribution < 1.29 is 4.74 Å². The van der Waals surface area contributed by atoms with Crippen LogP contribution >= 0.6 is 0 Å². The molecule has 1 aliphatic heterocycles. The second-order valence-corrected chi connectivity index (χ2v) is 6.59. The lowest BCUT2D eigenvalue weighted by Crippen LogP contribution is -2.44. The smallest absolute Gasteiger partial charge is 0.224 e. The van der Waals surface area contributed by atoms with Crippen molar-refractivity contribution in [3.8, 4) is 17.3 Å². The lowest BCUT2D eigenvalue weighted by Gasteiger charge is -2.34. The topological polar surface area (TPSA) is 57.3 Å². The van der Waals surface area contributed by atoms with Crippen molar-refractivity contribution in [3.05, 3.63) is 36.0 Å². The van der Waals surface area contributed by atoms with Crippen LogP contribution in [0.25, 0.3) is 22.4 Å². The Bertz CT molecular complexity index is 896. The first-order valence-electron chi connectivity index (χ1n) is 8.59. The Kier molecular flexibility index (Phi) is 4.05. The standard InChI is InChI=1S/C19H23N5O/c1-13-11-14(24-9-7-23(2)8-10-24)12-16-17(13)22-18(21-16)15-5-4-6-20-19(15)25-3/h4-6,11-12H,7-10H2,1-3H3,(H,21,22). The zero-order valence-corrected chi connectivity index (χ0v) is 14.9. The molecule has 0 radical (unpaired) electrons. The van der Waals surface area contributed by atoms with Gasteiger partial charge in [0.2, 0.25) is 5.88 Å². The number of aryl methyl sites for hydroxylation is 1. The van der Waals surface area contributed by atoms with E-state index >= 15 is 0 Å². The van der Waals surface area contributed by atoms with Gasteiger partial charge in [0.05, 0.1) is 23.7 Å². The molecule has 2 aromatic heterocycles. The summed E-state index contributed by atoms with van der Waals surface area (Å²) in [6, 6.07) is 8.31. The number of likely N-dealkylation sites (N-methyl/N-ethyl adjacent to an activating group) is 1. The maximum Gasteiger partial charge on any atom is 0.224 e. The Morgan fingerprint density at radius 2 is 1.96 bits per heavy atom. The number of aromatic nitrogens is 3. The van der Waals surface area contributed by atoms with Crippen LogP contribution in [0.1, 0.15) is 5.56 Å². The first-order chi connectivity index (χ1) is 12.2. The molecule has 0 atom stereocenters. The van der Waals surface area contributed by atoms with Gasteiger partial charge in [-0.2, -0.15) is 0 Å². The number of hydrogen-bond acceptors (Lipinski definition) is 5. The predicted octanol–water partition coefficient (Wildman–Crippen LogP) is 2.69. The third-order valence-corrected chi connectivity index (χ3v) is 4.85. The minimum Gasteiger partial charge on any atom is -0.480 e. The molecular weight excluding hydrogens is 314 g/mol. The summed E-state index contributed by atoms with van der Waals surface area (Å²) in [4.78, 5) is 17.3. The molecule has 6 nitrogen and oxygen atoms in total. The highest BCUT2D eigenvalue weighted by molar-refractivity contribution is 5.86. The zero-order chi connectivity index (χ0) is 17.4. The number of imidazole rings is 1. The number of ether oxygens (including phenoxy) is 1. The molecular formula is C19H23N5O. The monoisotopic (exact) mass is 337 g/mol. The van der Waals surface area contributed by atoms with Crippen molar-refractivity contribution in [2.45, 2.75) is 6.92 Å². The minimum atomic E-state index is 0.582. The van der Waals surface area contributed by atoms with E-state index in [4.69, 9.17) is 9.72 Å². The van der Waals surface area contributed by atoms with Gasteiger partial charge in [-0.1, -0.05) is 0 Å². The van der Waals surface area contributed by atoms with Gasteiger partial charge in [-0.05, 0) is 43.8 Å². The van der Waals surface area contributed by atoms with Gasteiger partial charge in [0, 0.05) is 38.1 Å². The average molecular weight is 337 g/mol. The number of benzene rings is 1. The number of methoxy groups -OCH3 is 1. The van der Waals surface area contributed by atoms with Crippen LogP contribution in [0.3, 0.4) is 0 Å². The second-order valence-electron chi connectivity index (χ2n) is 6.59. The molecule has 130 valence electrons. The summed E-state index contributed by atoms with van der Waals surface area (Å²) in [5.74, 6) is 1.37. The van der Waals surface area contributed by atoms with Crippen molar-refractivity contribution in [1.29, 1.82) is 0 Å². The fourth-order valence-electron chi connectivity index (χ4n) is 3.38. The molecule has 0 saturated carbocycles. The minimum absolute atomic E-state index is 0.582. The van der Waals surface area contributed by atoms with Crippen LogP contribution in [0.5, 0.6) is 5.88 Å². The number of nitrogens with zero attached hydrogens (tertiary/aromatic N) is 4. The molecule has 3 heterocycles. The number of nitrogens with one attached hydrogen (secondary N) is 1. The summed E-state index contributed by atoms with van der Waals surface area (Å²) in [6.07, 6.45) is 1.72. The van der Waals surface area contributed by atoms with E-state index in [2.05, 4.69) is 45.9 Å². The molecule has 1 saturated heterocycles. The molecule has 0 unspecified atom stereocenters. The molecule has 1 aromatic carbocycles. The number of anilines is 1. The summed E-state index contributed by atoms with van der Waals surface area (Å²) in [6.45, 7) is 6.42. The number of rotatable bonds is 3. The fraction of sp³-hybridized carbons (Fsp3) is 0.368. The van der Waals surface area contributed by atoms with Gasteiger partial charge in [-0.3, -0.25) is 0 Å². The van der Waals surface area contributed by atoms with E-state index in [0.29, 0.717) is 5.88 Å². The van der Waals surface area contributed by atoms with E-state index in [1.165, 1.54) is 11.3 Å². The zero-order valence-electron chi connectivity index (χ0n) is 14.9. The average Bonchev–Trinajstić information content (AvgIpc) is 3.07. The molecule has 1 N–H and O–H groups in total. The molecule has 0 aliphatic carbocycles. The van der Waals surface area contributed by atoms with Gasteiger partial charge in [0.1, 0.15) is 5.82 Å². The van der Waals surface area contributed by atoms with Crippen molar-refractivity contribution in [3.63, 3.8) is 0 Å². The van der Waals surface area contributed by atoms with Crippen LogP contribution in [-0.2, 0) is 0 Å². The van der Waals surface area contributed by atoms with Gasteiger partial charge in [-0.15, -0.1) is 0 Å². The van der Waals surface area contributed by atoms with E-state index in [0.717, 1.165) is 48.6 Å². The Hall–Kier alpha value is -2.60. The van der Waals surface area contributed by atoms with Gasteiger partial charge < -0.3 is 19.5 Å². The summed E-state index contributed by atoms with van der Waals surface area (Å²) < 4.78 is 5.37. The maximum absolute atomic E-state index is 5.37. The maximum atomic E-state index is 5.37. The Balaban J connectivity index is 1.74. The number of hydrogen-bond donors (Lipinski definition) is 1. The third-order valence-electron chi connectivity index (χ3n) is 4.85. The molecule has 0 bridgehead atoms. The van der Waals surface area contributed by atoms with E-state index in [9.17, 15) is 0 Å². The van der Waals surface area contributed by atoms with Gasteiger partial charge in [0.15, 0.2) is 0 Å². The second kappa shape index (κ2) is 6.37. The van der Waals surface area contributed by atoms with Crippen molar-refractivity contribution in [2.24, 2.45) is 0 Å². The number of H-pyrrole nitrogens is 1. The molecule has 25 heavy (non-hydrogen) atoms. The Labute approximate surface area is 147 Å². The number of fused-ring (bicyclic) bond motifs is 1. The highest BCUT2D eigenvalue weighted by atomic mass is 16.5. The van der Waals surface area contributed by atoms with E-state index in [-0.39, 0.29) is 0 Å². The van der Waals surface area contributed by atoms with Crippen molar-refractivity contribution >= 4 is 16.7 Å². The normalized spacial score (nSPS) is 15.7. The quantitative estimate of drug-likeness (QED) is 0.796. The predicted molar refractivity (Wildman–Crippen MR) is 100 cm³/mol. The largest absolute Gasteiger partial charge is 0.480 e. The Morgan fingerprint density at radius 1 is 1.16 bits per heavy atom. The van der Waals surface area contributed by atoms with Gasteiger partial charge >= 0.3 is 0 Å². The number of aromatic amines is 1. The summed E-state index contributed by atoms with van der Waals surface area (Å²) in [7, 11) is 3.81. The molecule has 0 spiro atoms. The number of pyridine rings is 1. The van der Waals surface area contributed by atoms with Crippen LogP contribution in [0.2, 0.25) is 0 Å². The third kappa shape index (κ3) is 2.93. The lowest BCUT2D eigenvalue weighted by molar-refractivity contribution is 0.313. The highest BCUT2D eigenvalue weighted by Crippen LogP contribution is 2.30. The SMILES string of the molecule is COc1ncccc1-c1nc2c(C)cc(N3CCN(C)CC3)cc2[nH]1. The first-order valence-corrected chi connectivity index (χ1v) is 8.59. The molecule has 1 aliphatic rings. The van der Waals surface area contributed by atoms with E-state index < -0.39 is 0 Å². The fourth-order valence-corrected chi connectivity index (χ4v) is 3.38. The summed E-state index contributed by atoms with van der Waals surface area (Å²) in [5.41, 5.74) is 5.36. The number of piperazine rings is 1. The van der Waals surface area contributed by atoms with E-state index in [1.54, 1.807) is 13.3 Å². The van der Waals surface area contributed by atoms with Gasteiger partial charge in [-0.25, -0.2) is 9.97 Å². The van der Waals surface area contributed by atoms with Crippen molar-refractivity contribution in [1.82, 2.24) is 19.9 Å². The highest BCUT2D eigenvalue weighted by Gasteiger charge is 2.17. The van der Waals surface area contributed by atoms with Crippen LogP contribution in [0, 0.1) is 6.92 Å². The summed E-state index contributed by atoms with van der Waals surface area (Å²) in [5, 5.41) is 0. The molecule has 6 heteroatoms. The molecule has 1 fully saturated rings. The van der Waals surface area contributed by atoms with Crippen molar-refractivity contribution in [2.75, 3.05) is 45.2 Å². The van der Waals surface area contributed by atoms with Crippen LogP contribution < -0.4 is 9.64 Å². The van der Waals surface area contributed by atoms with Crippen LogP contribution in [-0.4, -0.2) is 60.2 Å². The lowest BCUT2D eigenvalue weighted by atomic mass is 10.1. The Morgan fingerprint density at radius 3 is 2.72 bits per heavy atom. The molecule has 3 aromatic rings. The first kappa shape index (κ1) is 15.9.